The molecular weight excluding hydrogens is 611 g/mol. The predicted octanol–water partition coefficient (Wildman–Crippen LogP) is 9.35. The third kappa shape index (κ3) is 32.8. The van der Waals surface area contributed by atoms with Gasteiger partial charge >= 0.3 is 7.82 Å². The maximum atomic E-state index is 12.8. The molecule has 0 aliphatic rings. The summed E-state index contributed by atoms with van der Waals surface area (Å²) in [6, 6.07) is -0.868. The molecule has 0 aromatic heterocycles. The third-order valence-corrected chi connectivity index (χ3v) is 8.74. The van der Waals surface area contributed by atoms with Crippen LogP contribution in [0.15, 0.2) is 48.6 Å². The lowest BCUT2D eigenvalue weighted by atomic mass is 10.1. The van der Waals surface area contributed by atoms with Crippen molar-refractivity contribution >= 4 is 13.7 Å². The fourth-order valence-corrected chi connectivity index (χ4v) is 5.47. The van der Waals surface area contributed by atoms with Crippen molar-refractivity contribution in [3.8, 4) is 0 Å². The Labute approximate surface area is 289 Å². The molecule has 47 heavy (non-hydrogen) atoms. The molecule has 0 spiro atoms. The van der Waals surface area contributed by atoms with Crippen LogP contribution in [-0.4, -0.2) is 73.4 Å². The minimum absolute atomic E-state index is 0.0514. The van der Waals surface area contributed by atoms with E-state index in [9.17, 15) is 19.4 Å². The number of quaternary nitrogens is 1. The first kappa shape index (κ1) is 45.5. The smallest absolute Gasteiger partial charge is 0.387 e. The number of carbonyl (C=O) groups excluding carboxylic acids is 1. The van der Waals surface area contributed by atoms with E-state index in [0.29, 0.717) is 17.4 Å². The van der Waals surface area contributed by atoms with E-state index in [1.165, 1.54) is 44.9 Å². The summed E-state index contributed by atoms with van der Waals surface area (Å²) in [5, 5.41) is 13.7. The highest BCUT2D eigenvalue weighted by Gasteiger charge is 2.27. The van der Waals surface area contributed by atoms with Gasteiger partial charge in [-0.25, -0.2) is 4.57 Å². The number of unbranched alkanes of at least 4 members (excludes halogenated alkanes) is 13. The molecule has 1 amide bonds. The van der Waals surface area contributed by atoms with Crippen molar-refractivity contribution in [1.82, 2.24) is 5.32 Å². The Morgan fingerprint density at radius 1 is 0.723 bits per heavy atom. The van der Waals surface area contributed by atoms with Gasteiger partial charge in [0.05, 0.1) is 39.9 Å². The number of hydrogen-bond donors (Lipinski definition) is 3. The quantitative estimate of drug-likeness (QED) is 0.0283. The summed E-state index contributed by atoms with van der Waals surface area (Å²) in [6.45, 7) is 4.66. The van der Waals surface area contributed by atoms with E-state index >= 15 is 0 Å². The molecule has 0 bridgehead atoms. The van der Waals surface area contributed by atoms with E-state index in [2.05, 4.69) is 55.6 Å². The molecule has 0 fully saturated rings. The van der Waals surface area contributed by atoms with Crippen molar-refractivity contribution in [2.75, 3.05) is 40.9 Å². The summed E-state index contributed by atoms with van der Waals surface area (Å²) in [6.07, 6.45) is 36.0. The predicted molar refractivity (Wildman–Crippen MR) is 198 cm³/mol. The van der Waals surface area contributed by atoms with Gasteiger partial charge < -0.3 is 19.8 Å². The van der Waals surface area contributed by atoms with Crippen molar-refractivity contribution in [3.05, 3.63) is 48.6 Å². The fourth-order valence-electron chi connectivity index (χ4n) is 4.74. The van der Waals surface area contributed by atoms with Crippen LogP contribution in [0, 0.1) is 0 Å². The topological polar surface area (TPSA) is 105 Å². The van der Waals surface area contributed by atoms with Crippen LogP contribution in [0.25, 0.3) is 0 Å². The first-order valence-corrected chi connectivity index (χ1v) is 20.0. The molecule has 0 aromatic rings. The summed E-state index contributed by atoms with van der Waals surface area (Å²) in [5.41, 5.74) is 0. The number of nitrogens with one attached hydrogen (secondary N) is 1. The van der Waals surface area contributed by atoms with Gasteiger partial charge in [0.1, 0.15) is 13.2 Å². The van der Waals surface area contributed by atoms with Crippen molar-refractivity contribution in [3.63, 3.8) is 0 Å². The number of phosphoric ester groups is 1. The Morgan fingerprint density at radius 2 is 1.28 bits per heavy atom. The van der Waals surface area contributed by atoms with Gasteiger partial charge in [-0.3, -0.25) is 13.8 Å². The van der Waals surface area contributed by atoms with Crippen molar-refractivity contribution in [2.45, 2.75) is 148 Å². The third-order valence-electron chi connectivity index (χ3n) is 7.75. The normalized spacial score (nSPS) is 15.3. The number of phosphoric acid groups is 1. The van der Waals surface area contributed by atoms with Gasteiger partial charge in [-0.05, 0) is 57.8 Å². The molecule has 0 saturated carbocycles. The SMILES string of the molecule is CCC/C=C\C/C=C\CCCCCCCC(=O)NC(COP(=O)(O)OCC[N+](C)(C)C)C(O)/C=C/CC/C=C/CCCCCCCC. The molecule has 0 radical (unpaired) electrons. The largest absolute Gasteiger partial charge is 0.472 e. The molecule has 3 unspecified atom stereocenters. The van der Waals surface area contributed by atoms with E-state index < -0.39 is 20.0 Å². The van der Waals surface area contributed by atoms with E-state index in [-0.39, 0.29) is 19.1 Å². The van der Waals surface area contributed by atoms with Crippen LogP contribution < -0.4 is 5.32 Å². The molecule has 3 atom stereocenters. The number of carbonyl (C=O) groups is 1. The van der Waals surface area contributed by atoms with Crippen LogP contribution >= 0.6 is 7.82 Å². The second-order valence-corrected chi connectivity index (χ2v) is 15.0. The van der Waals surface area contributed by atoms with Crippen molar-refractivity contribution in [2.24, 2.45) is 0 Å². The molecule has 0 saturated heterocycles. The molecule has 3 N–H and O–H groups in total. The summed E-state index contributed by atoms with van der Waals surface area (Å²) < 4.78 is 23.4. The average molecular weight is 684 g/mol. The van der Waals surface area contributed by atoms with Crippen LogP contribution in [0.3, 0.4) is 0 Å². The minimum Gasteiger partial charge on any atom is -0.387 e. The Morgan fingerprint density at radius 3 is 1.91 bits per heavy atom. The van der Waals surface area contributed by atoms with Crippen LogP contribution in [0.5, 0.6) is 0 Å². The number of allylic oxidation sites excluding steroid dienone is 7. The summed E-state index contributed by atoms with van der Waals surface area (Å²) in [4.78, 5) is 22.9. The van der Waals surface area contributed by atoms with Crippen LogP contribution in [0.2, 0.25) is 0 Å². The zero-order valence-corrected chi connectivity index (χ0v) is 31.6. The first-order chi connectivity index (χ1) is 22.5. The Hall–Kier alpha value is -1.54. The molecular formula is C38H72N2O6P+. The Kier molecular flexibility index (Phi) is 29.5. The Balaban J connectivity index is 4.65. The number of hydrogen-bond acceptors (Lipinski definition) is 5. The maximum Gasteiger partial charge on any atom is 0.472 e. The molecule has 274 valence electrons. The highest BCUT2D eigenvalue weighted by atomic mass is 31.2. The van der Waals surface area contributed by atoms with E-state index in [1.54, 1.807) is 6.08 Å². The van der Waals surface area contributed by atoms with Crippen molar-refractivity contribution in [1.29, 1.82) is 0 Å². The summed E-state index contributed by atoms with van der Waals surface area (Å²) >= 11 is 0. The van der Waals surface area contributed by atoms with Gasteiger partial charge in [0.15, 0.2) is 0 Å². The van der Waals surface area contributed by atoms with Gasteiger partial charge in [-0.2, -0.15) is 0 Å². The molecule has 8 nitrogen and oxygen atoms in total. The number of nitrogens with zero attached hydrogens (tertiary/aromatic N) is 1. The molecule has 9 heteroatoms. The zero-order valence-electron chi connectivity index (χ0n) is 30.8. The van der Waals surface area contributed by atoms with E-state index in [0.717, 1.165) is 70.6 Å². The second kappa shape index (κ2) is 30.5. The molecule has 0 aliphatic carbocycles. The van der Waals surface area contributed by atoms with E-state index in [1.807, 2.05) is 27.2 Å². The van der Waals surface area contributed by atoms with E-state index in [4.69, 9.17) is 9.05 Å². The lowest BCUT2D eigenvalue weighted by Crippen LogP contribution is -2.45. The standard InChI is InChI=1S/C38H71N2O6P/c1-6-8-10-12-14-16-18-20-22-24-26-28-30-32-38(42)39-36(35-46-47(43,44)45-34-33-40(3,4)5)37(41)31-29-27-25-23-21-19-17-15-13-11-9-7-2/h10,12,16,18,21,23,29,31,36-37,41H,6-9,11,13-15,17,19-20,22,24-28,30,32-35H2,1-5H3,(H-,39,42,43,44)/p+1/b12-10-,18-16-,23-21+,31-29+. The number of likely N-dealkylation sites (N-methyl/N-ethyl adjacent to an activating group) is 1. The van der Waals surface area contributed by atoms with Crippen molar-refractivity contribution < 1.29 is 32.9 Å². The van der Waals surface area contributed by atoms with Crippen LogP contribution in [0.1, 0.15) is 136 Å². The lowest BCUT2D eigenvalue weighted by Gasteiger charge is -2.25. The van der Waals surface area contributed by atoms with Gasteiger partial charge in [0, 0.05) is 6.42 Å². The fraction of sp³-hybridized carbons (Fsp3) is 0.763. The zero-order chi connectivity index (χ0) is 35.1. The maximum absolute atomic E-state index is 12.8. The number of rotatable bonds is 32. The number of amides is 1. The summed E-state index contributed by atoms with van der Waals surface area (Å²) in [5.74, 6) is -0.207. The average Bonchev–Trinajstić information content (AvgIpc) is 3.01. The lowest BCUT2D eigenvalue weighted by molar-refractivity contribution is -0.870. The highest BCUT2D eigenvalue weighted by Crippen LogP contribution is 2.43. The summed E-state index contributed by atoms with van der Waals surface area (Å²) in [7, 11) is 1.53. The van der Waals surface area contributed by atoms with Gasteiger partial charge in [0.2, 0.25) is 5.91 Å². The van der Waals surface area contributed by atoms with Gasteiger partial charge in [-0.15, -0.1) is 0 Å². The molecule has 0 rings (SSSR count). The number of aliphatic hydroxyl groups excluding tert-OH is 1. The molecule has 0 aromatic carbocycles. The highest BCUT2D eigenvalue weighted by molar-refractivity contribution is 7.47. The van der Waals surface area contributed by atoms with Crippen LogP contribution in [-0.2, 0) is 18.4 Å². The first-order valence-electron chi connectivity index (χ1n) is 18.5. The molecule has 0 aliphatic heterocycles. The van der Waals surface area contributed by atoms with Gasteiger partial charge in [0.25, 0.3) is 0 Å². The minimum atomic E-state index is -4.34. The monoisotopic (exact) mass is 684 g/mol. The van der Waals surface area contributed by atoms with Crippen LogP contribution in [0.4, 0.5) is 0 Å². The second-order valence-electron chi connectivity index (χ2n) is 13.6. The number of aliphatic hydroxyl groups is 1. The van der Waals surface area contributed by atoms with Gasteiger partial charge in [-0.1, -0.05) is 120 Å². The Bertz CT molecular complexity index is 912. The molecule has 0 heterocycles.